The first-order valence-corrected chi connectivity index (χ1v) is 7.99. The number of rotatable bonds is 4. The van der Waals surface area contributed by atoms with Gasteiger partial charge in [-0.1, -0.05) is 0 Å². The molecule has 0 saturated carbocycles. The van der Waals surface area contributed by atoms with Gasteiger partial charge in [-0.15, -0.1) is 0 Å². The Morgan fingerprint density at radius 2 is 2.05 bits per heavy atom. The van der Waals surface area contributed by atoms with Crippen molar-refractivity contribution in [3.63, 3.8) is 0 Å². The Bertz CT molecular complexity index is 645. The van der Waals surface area contributed by atoms with Crippen LogP contribution in [0.2, 0.25) is 0 Å². The molecule has 1 aliphatic heterocycles. The average molecular weight is 337 g/mol. The summed E-state index contributed by atoms with van der Waals surface area (Å²) in [5.74, 6) is -0.0487. The molecule has 0 spiro atoms. The molecule has 2 heterocycles. The molecule has 1 saturated heterocycles. The second-order valence-corrected chi connectivity index (χ2v) is 6.62. The molecular weight excluding hydrogens is 321 g/mol. The molecule has 124 valence electrons. The number of anilines is 1. The molecule has 2 rings (SSSR count). The zero-order valence-electron chi connectivity index (χ0n) is 11.1. The van der Waals surface area contributed by atoms with Crippen molar-refractivity contribution in [3.8, 4) is 0 Å². The lowest BCUT2D eigenvalue weighted by Crippen LogP contribution is -2.40. The van der Waals surface area contributed by atoms with Gasteiger partial charge in [0, 0.05) is 6.20 Å². The number of nitrogen functional groups attached to an aromatic ring is 1. The van der Waals surface area contributed by atoms with Gasteiger partial charge in [0.2, 0.25) is 0 Å². The van der Waals surface area contributed by atoms with Crippen molar-refractivity contribution in [2.45, 2.75) is 30.6 Å². The van der Waals surface area contributed by atoms with Crippen LogP contribution in [0.3, 0.4) is 0 Å². The molecule has 5 atom stereocenters. The number of aliphatic hydroxyl groups excluding tert-OH is 3. The molecule has 0 unspecified atom stereocenters. The van der Waals surface area contributed by atoms with E-state index in [0.717, 1.165) is 4.57 Å². The van der Waals surface area contributed by atoms with Crippen LogP contribution >= 0.6 is 7.60 Å². The van der Waals surface area contributed by atoms with Gasteiger partial charge >= 0.3 is 13.3 Å². The lowest BCUT2D eigenvalue weighted by molar-refractivity contribution is -0.0802. The van der Waals surface area contributed by atoms with Gasteiger partial charge in [-0.05, 0) is 6.07 Å². The molecule has 22 heavy (non-hydrogen) atoms. The normalized spacial score (nSPS) is 30.4. The Morgan fingerprint density at radius 3 is 2.59 bits per heavy atom. The Balaban J connectivity index is 2.23. The topological polar surface area (TPSA) is 188 Å². The van der Waals surface area contributed by atoms with Crippen molar-refractivity contribution in [1.82, 2.24) is 9.55 Å². The van der Waals surface area contributed by atoms with E-state index in [0.29, 0.717) is 0 Å². The van der Waals surface area contributed by atoms with E-state index in [1.54, 1.807) is 0 Å². The molecular formula is C10H16N3O8P. The second kappa shape index (κ2) is 6.05. The summed E-state index contributed by atoms with van der Waals surface area (Å²) in [5, 5.41) is 29.5. The van der Waals surface area contributed by atoms with E-state index in [1.807, 2.05) is 0 Å². The molecule has 1 aliphatic rings. The first kappa shape index (κ1) is 17.0. The highest BCUT2D eigenvalue weighted by Gasteiger charge is 2.48. The monoisotopic (exact) mass is 337 g/mol. The van der Waals surface area contributed by atoms with Crippen LogP contribution in [0, 0.1) is 0 Å². The van der Waals surface area contributed by atoms with Crippen LogP contribution < -0.4 is 11.4 Å². The maximum atomic E-state index is 11.7. The third-order valence-corrected chi connectivity index (χ3v) is 4.05. The van der Waals surface area contributed by atoms with E-state index in [2.05, 4.69) is 4.98 Å². The minimum absolute atomic E-state index is 0.0487. The number of aliphatic hydroxyl groups is 3. The maximum Gasteiger partial charge on any atom is 0.351 e. The second-order valence-electron chi connectivity index (χ2n) is 4.93. The van der Waals surface area contributed by atoms with Gasteiger partial charge in [0.25, 0.3) is 0 Å². The van der Waals surface area contributed by atoms with Crippen LogP contribution in [-0.2, 0) is 9.30 Å². The van der Waals surface area contributed by atoms with Crippen LogP contribution in [-0.4, -0.2) is 65.2 Å². The summed E-state index contributed by atoms with van der Waals surface area (Å²) < 4.78 is 16.9. The van der Waals surface area contributed by atoms with Crippen molar-refractivity contribution in [1.29, 1.82) is 0 Å². The first-order valence-electron chi connectivity index (χ1n) is 6.19. The van der Waals surface area contributed by atoms with Gasteiger partial charge in [0.15, 0.2) is 6.23 Å². The fraction of sp³-hybridized carbons (Fsp3) is 0.600. The van der Waals surface area contributed by atoms with E-state index >= 15 is 0 Å². The van der Waals surface area contributed by atoms with E-state index in [9.17, 15) is 24.7 Å². The summed E-state index contributed by atoms with van der Waals surface area (Å²) in [6.07, 6.45) is -7.58. The highest BCUT2D eigenvalue weighted by Crippen LogP contribution is 2.39. The fourth-order valence-corrected chi connectivity index (χ4v) is 2.90. The molecule has 0 bridgehead atoms. The fourth-order valence-electron chi connectivity index (χ4n) is 2.20. The molecule has 0 radical (unpaired) electrons. The lowest BCUT2D eigenvalue weighted by atomic mass is 10.1. The zero-order chi connectivity index (χ0) is 16.7. The molecule has 0 aliphatic carbocycles. The zero-order valence-corrected chi connectivity index (χ0v) is 12.0. The summed E-state index contributed by atoms with van der Waals surface area (Å²) in [4.78, 5) is 32.8. The Kier molecular flexibility index (Phi) is 4.68. The minimum Gasteiger partial charge on any atom is -0.390 e. The summed E-state index contributed by atoms with van der Waals surface area (Å²) in [6, 6.07) is 1.27. The van der Waals surface area contributed by atoms with Crippen molar-refractivity contribution >= 4 is 13.4 Å². The van der Waals surface area contributed by atoms with Crippen molar-refractivity contribution < 1.29 is 34.4 Å². The van der Waals surface area contributed by atoms with Crippen LogP contribution in [0.5, 0.6) is 0 Å². The van der Waals surface area contributed by atoms with Crippen LogP contribution in [0.15, 0.2) is 17.1 Å². The van der Waals surface area contributed by atoms with E-state index in [4.69, 9.17) is 20.3 Å². The predicted octanol–water partition coefficient (Wildman–Crippen LogP) is -3.02. The number of aromatic nitrogens is 2. The number of hydrogen-bond acceptors (Lipinski definition) is 8. The maximum absolute atomic E-state index is 11.7. The molecule has 7 N–H and O–H groups in total. The molecule has 1 aromatic heterocycles. The third-order valence-electron chi connectivity index (χ3n) is 3.21. The Morgan fingerprint density at radius 1 is 1.41 bits per heavy atom. The van der Waals surface area contributed by atoms with Gasteiger partial charge < -0.3 is 35.6 Å². The molecule has 1 fully saturated rings. The van der Waals surface area contributed by atoms with Crippen molar-refractivity contribution in [3.05, 3.63) is 22.7 Å². The van der Waals surface area contributed by atoms with E-state index < -0.39 is 50.1 Å². The highest BCUT2D eigenvalue weighted by atomic mass is 31.2. The summed E-state index contributed by atoms with van der Waals surface area (Å²) >= 11 is 0. The minimum atomic E-state index is -4.55. The third kappa shape index (κ3) is 3.52. The summed E-state index contributed by atoms with van der Waals surface area (Å²) in [5.41, 5.74) is 4.48. The Labute approximate surface area is 123 Å². The quantitative estimate of drug-likeness (QED) is 0.308. The molecule has 1 aromatic rings. The smallest absolute Gasteiger partial charge is 0.351 e. The molecule has 0 aromatic carbocycles. The van der Waals surface area contributed by atoms with Gasteiger partial charge in [-0.2, -0.15) is 4.98 Å². The predicted molar refractivity (Wildman–Crippen MR) is 71.8 cm³/mol. The van der Waals surface area contributed by atoms with Gasteiger partial charge in [0.05, 0.1) is 12.3 Å². The molecule has 11 nitrogen and oxygen atoms in total. The van der Waals surface area contributed by atoms with Crippen LogP contribution in [0.25, 0.3) is 0 Å². The summed E-state index contributed by atoms with van der Waals surface area (Å²) in [6.45, 7) is 0. The van der Waals surface area contributed by atoms with Gasteiger partial charge in [-0.3, -0.25) is 9.13 Å². The largest absolute Gasteiger partial charge is 0.390 e. The number of hydrogen-bond donors (Lipinski definition) is 6. The number of nitrogens with zero attached hydrogens (tertiary/aromatic N) is 2. The van der Waals surface area contributed by atoms with Crippen molar-refractivity contribution in [2.24, 2.45) is 0 Å². The van der Waals surface area contributed by atoms with Crippen LogP contribution in [0.1, 0.15) is 6.23 Å². The van der Waals surface area contributed by atoms with E-state index in [-0.39, 0.29) is 5.82 Å². The first-order chi connectivity index (χ1) is 10.1. The SMILES string of the molecule is Nc1ccn([C@@H]2O[C@H]([C@H](O)CP(=O)(O)O)[C@@H](O)[C@@H]2O)c(=O)n1. The molecule has 12 heteroatoms. The Hall–Kier alpha value is -1.33. The van der Waals surface area contributed by atoms with Gasteiger partial charge in [-0.25, -0.2) is 4.79 Å². The van der Waals surface area contributed by atoms with Crippen LogP contribution in [0.4, 0.5) is 5.82 Å². The number of ether oxygens (including phenoxy) is 1. The van der Waals surface area contributed by atoms with E-state index in [1.165, 1.54) is 12.3 Å². The standard InChI is InChI=1S/C10H16N3O8P/c11-5-1-2-13(10(17)12-5)9-7(16)6(15)8(21-9)4(14)3-22(18,19)20/h1-2,4,6-9,14-16H,3H2,(H2,11,12,17)(H2,18,19,20)/t4-,6+,7+,8-,9-/m1/s1. The average Bonchev–Trinajstić information content (AvgIpc) is 2.65. The lowest BCUT2D eigenvalue weighted by Gasteiger charge is -2.21. The summed E-state index contributed by atoms with van der Waals surface area (Å²) in [7, 11) is -4.55. The van der Waals surface area contributed by atoms with Gasteiger partial charge in [0.1, 0.15) is 24.1 Å². The number of nitrogens with two attached hydrogens (primary N) is 1. The molecule has 0 amide bonds. The highest BCUT2D eigenvalue weighted by molar-refractivity contribution is 7.51. The van der Waals surface area contributed by atoms with Crippen molar-refractivity contribution in [2.75, 3.05) is 11.9 Å².